The Morgan fingerprint density at radius 3 is 1.64 bits per heavy atom. The summed E-state index contributed by atoms with van der Waals surface area (Å²) in [4.78, 5) is 0. The summed E-state index contributed by atoms with van der Waals surface area (Å²) in [7, 11) is 2.69. The van der Waals surface area contributed by atoms with Crippen LogP contribution in [0.15, 0.2) is 0 Å². The van der Waals surface area contributed by atoms with Crippen molar-refractivity contribution in [2.75, 3.05) is 0 Å². The average Bonchev–Trinajstić information content (AvgIpc) is 2.00. The summed E-state index contributed by atoms with van der Waals surface area (Å²) in [6.07, 6.45) is 3.33. The van der Waals surface area contributed by atoms with Crippen LogP contribution in [0.5, 0.6) is 0 Å². The van der Waals surface area contributed by atoms with Gasteiger partial charge in [-0.3, -0.25) is 0 Å². The van der Waals surface area contributed by atoms with Crippen LogP contribution >= 0.6 is 9.24 Å². The van der Waals surface area contributed by atoms with E-state index in [9.17, 15) is 0 Å². The predicted molar refractivity (Wildman–Crippen MR) is 53.9 cm³/mol. The summed E-state index contributed by atoms with van der Waals surface area (Å²) in [6.45, 7) is 8.65. The molecule has 1 nitrogen and oxygen atoms in total. The molecule has 2 atom stereocenters. The third-order valence-corrected chi connectivity index (χ3v) is 2.50. The Morgan fingerprint density at radius 1 is 1.18 bits per heavy atom. The molecule has 0 aliphatic rings. The second kappa shape index (κ2) is 5.11. The van der Waals surface area contributed by atoms with Crippen molar-refractivity contribution in [2.24, 2.45) is 0 Å². The number of hydrogen-bond donors (Lipinski definition) is 0. The minimum atomic E-state index is 0.126. The topological polar surface area (TPSA) is 9.23 Å². The van der Waals surface area contributed by atoms with E-state index >= 15 is 0 Å². The van der Waals surface area contributed by atoms with E-state index in [-0.39, 0.29) is 11.4 Å². The van der Waals surface area contributed by atoms with Gasteiger partial charge in [0.25, 0.3) is 0 Å². The molecule has 0 heterocycles. The normalized spacial score (nSPS) is 15.0. The van der Waals surface area contributed by atoms with Crippen molar-refractivity contribution in [3.8, 4) is 0 Å². The van der Waals surface area contributed by atoms with Gasteiger partial charge in [-0.25, -0.2) is 0 Å². The Labute approximate surface area is 73.1 Å². The smallest absolute Gasteiger partial charge is 0.0688 e. The van der Waals surface area contributed by atoms with Gasteiger partial charge in [0.1, 0.15) is 0 Å². The summed E-state index contributed by atoms with van der Waals surface area (Å²) in [5.41, 5.74) is 0.126. The summed E-state index contributed by atoms with van der Waals surface area (Å²) in [6, 6.07) is 0. The van der Waals surface area contributed by atoms with E-state index in [2.05, 4.69) is 36.9 Å². The third kappa shape index (κ3) is 3.53. The van der Waals surface area contributed by atoms with Gasteiger partial charge >= 0.3 is 0 Å². The molecule has 0 radical (unpaired) electrons. The Balaban J connectivity index is 4.05. The van der Waals surface area contributed by atoms with Crippen LogP contribution in [0.25, 0.3) is 0 Å². The molecule has 0 bridgehead atoms. The standard InChI is InChI=1S/C9H21OP/c1-5-9(6-2,7-3)10-8(4)11/h8H,5-7,11H2,1-4H3. The quantitative estimate of drug-likeness (QED) is 0.584. The van der Waals surface area contributed by atoms with Crippen LogP contribution in [-0.2, 0) is 4.74 Å². The van der Waals surface area contributed by atoms with Gasteiger partial charge in [-0.2, -0.15) is 0 Å². The molecule has 0 aromatic heterocycles. The Bertz CT molecular complexity index is 89.5. The molecule has 0 rings (SSSR count). The Kier molecular flexibility index (Phi) is 5.29. The molecular formula is C9H21OP. The van der Waals surface area contributed by atoms with Gasteiger partial charge in [0, 0.05) is 0 Å². The Morgan fingerprint density at radius 2 is 1.55 bits per heavy atom. The molecule has 68 valence electrons. The van der Waals surface area contributed by atoms with E-state index in [1.165, 1.54) is 0 Å². The summed E-state index contributed by atoms with van der Waals surface area (Å²) < 4.78 is 5.85. The van der Waals surface area contributed by atoms with Crippen molar-refractivity contribution in [1.82, 2.24) is 0 Å². The van der Waals surface area contributed by atoms with Crippen LogP contribution in [0, 0.1) is 0 Å². The van der Waals surface area contributed by atoms with Gasteiger partial charge in [-0.15, -0.1) is 9.24 Å². The van der Waals surface area contributed by atoms with E-state index < -0.39 is 0 Å². The fourth-order valence-corrected chi connectivity index (χ4v) is 1.68. The van der Waals surface area contributed by atoms with Crippen LogP contribution in [0.4, 0.5) is 0 Å². The highest BCUT2D eigenvalue weighted by molar-refractivity contribution is 7.17. The minimum Gasteiger partial charge on any atom is -0.368 e. The second-order valence-corrected chi connectivity index (χ2v) is 4.01. The molecule has 0 aliphatic heterocycles. The lowest BCUT2D eigenvalue weighted by Crippen LogP contribution is -2.32. The molecule has 0 amide bonds. The number of hydrogen-bond acceptors (Lipinski definition) is 1. The molecular weight excluding hydrogens is 155 g/mol. The summed E-state index contributed by atoms with van der Waals surface area (Å²) in [5.74, 6) is 0.273. The van der Waals surface area contributed by atoms with Gasteiger partial charge < -0.3 is 4.74 Å². The highest BCUT2D eigenvalue weighted by atomic mass is 31.0. The molecule has 0 saturated carbocycles. The van der Waals surface area contributed by atoms with Crippen LogP contribution < -0.4 is 0 Å². The highest BCUT2D eigenvalue weighted by Crippen LogP contribution is 2.27. The zero-order chi connectivity index (χ0) is 8.91. The first kappa shape index (κ1) is 11.4. The first-order valence-corrected chi connectivity index (χ1v) is 5.20. The van der Waals surface area contributed by atoms with Crippen LogP contribution in [0.2, 0.25) is 0 Å². The van der Waals surface area contributed by atoms with Gasteiger partial charge in [0.15, 0.2) is 0 Å². The number of ether oxygens (including phenoxy) is 1. The second-order valence-electron chi connectivity index (χ2n) is 3.07. The molecule has 2 unspecified atom stereocenters. The molecule has 0 saturated heterocycles. The van der Waals surface area contributed by atoms with Gasteiger partial charge in [0.2, 0.25) is 0 Å². The highest BCUT2D eigenvalue weighted by Gasteiger charge is 2.25. The van der Waals surface area contributed by atoms with Gasteiger partial charge in [-0.1, -0.05) is 20.8 Å². The monoisotopic (exact) mass is 176 g/mol. The largest absolute Gasteiger partial charge is 0.368 e. The van der Waals surface area contributed by atoms with E-state index in [1.807, 2.05) is 0 Å². The molecule has 2 heteroatoms. The lowest BCUT2D eigenvalue weighted by atomic mass is 9.94. The van der Waals surface area contributed by atoms with Crippen molar-refractivity contribution < 1.29 is 4.74 Å². The molecule has 0 N–H and O–H groups in total. The number of rotatable bonds is 5. The van der Waals surface area contributed by atoms with Crippen molar-refractivity contribution >= 4 is 9.24 Å². The van der Waals surface area contributed by atoms with E-state index in [0.29, 0.717) is 0 Å². The summed E-state index contributed by atoms with van der Waals surface area (Å²) >= 11 is 0. The van der Waals surface area contributed by atoms with Gasteiger partial charge in [0.05, 0.1) is 11.4 Å². The maximum Gasteiger partial charge on any atom is 0.0688 e. The molecule has 0 fully saturated rings. The third-order valence-electron chi connectivity index (χ3n) is 2.37. The van der Waals surface area contributed by atoms with E-state index in [0.717, 1.165) is 19.3 Å². The molecule has 11 heavy (non-hydrogen) atoms. The van der Waals surface area contributed by atoms with E-state index in [4.69, 9.17) is 4.74 Å². The van der Waals surface area contributed by atoms with Gasteiger partial charge in [-0.05, 0) is 26.2 Å². The maximum absolute atomic E-state index is 5.85. The zero-order valence-corrected chi connectivity index (χ0v) is 9.34. The van der Waals surface area contributed by atoms with Crippen molar-refractivity contribution in [3.05, 3.63) is 0 Å². The lowest BCUT2D eigenvalue weighted by Gasteiger charge is -2.32. The summed E-state index contributed by atoms with van der Waals surface area (Å²) in [5, 5.41) is 0. The molecule has 0 aromatic carbocycles. The molecule has 0 aliphatic carbocycles. The van der Waals surface area contributed by atoms with Crippen LogP contribution in [0.3, 0.4) is 0 Å². The first-order chi connectivity index (χ1) is 5.10. The SMILES string of the molecule is CCC(CC)(CC)OC(C)P. The van der Waals surface area contributed by atoms with Crippen molar-refractivity contribution in [2.45, 2.75) is 58.4 Å². The fraction of sp³-hybridized carbons (Fsp3) is 1.00. The Hall–Kier alpha value is 0.390. The van der Waals surface area contributed by atoms with Crippen molar-refractivity contribution in [1.29, 1.82) is 0 Å². The fourth-order valence-electron chi connectivity index (χ4n) is 1.39. The first-order valence-electron chi connectivity index (χ1n) is 4.53. The minimum absolute atomic E-state index is 0.126. The predicted octanol–water partition coefficient (Wildman–Crippen LogP) is 3.19. The van der Waals surface area contributed by atoms with E-state index in [1.54, 1.807) is 0 Å². The lowest BCUT2D eigenvalue weighted by molar-refractivity contribution is -0.0622. The average molecular weight is 176 g/mol. The van der Waals surface area contributed by atoms with Crippen LogP contribution in [0.1, 0.15) is 47.0 Å². The zero-order valence-electron chi connectivity index (χ0n) is 8.18. The molecule has 0 aromatic rings. The van der Waals surface area contributed by atoms with Crippen molar-refractivity contribution in [3.63, 3.8) is 0 Å². The molecule has 0 spiro atoms. The maximum atomic E-state index is 5.85. The van der Waals surface area contributed by atoms with Crippen LogP contribution in [-0.4, -0.2) is 11.4 Å².